The lowest BCUT2D eigenvalue weighted by atomic mass is 10.0. The van der Waals surface area contributed by atoms with Crippen molar-refractivity contribution in [1.29, 1.82) is 0 Å². The van der Waals surface area contributed by atoms with Crippen LogP contribution in [0, 0.1) is 11.8 Å². The molecule has 1 aliphatic carbocycles. The zero-order valence-corrected chi connectivity index (χ0v) is 10.9. The van der Waals surface area contributed by atoms with E-state index in [4.69, 9.17) is 10.5 Å². The molecule has 0 aromatic rings. The summed E-state index contributed by atoms with van der Waals surface area (Å²) in [5, 5.41) is 9.62. The maximum Gasteiger partial charge on any atom is 0.309 e. The van der Waals surface area contributed by atoms with Crippen molar-refractivity contribution in [2.24, 2.45) is 17.6 Å². The molecule has 3 unspecified atom stereocenters. The average molecular weight is 252 g/mol. The first kappa shape index (κ1) is 15.7. The molecular formula is C11H22ClNO3. The molecule has 0 aromatic heterocycles. The van der Waals surface area contributed by atoms with Gasteiger partial charge in [0.2, 0.25) is 0 Å². The average Bonchev–Trinajstić information content (AvgIpc) is 2.43. The molecule has 0 heterocycles. The Kier molecular flexibility index (Phi) is 5.73. The van der Waals surface area contributed by atoms with Gasteiger partial charge in [0.1, 0.15) is 5.60 Å². The second-order valence-electron chi connectivity index (χ2n) is 5.26. The maximum atomic E-state index is 11.7. The van der Waals surface area contributed by atoms with E-state index in [2.05, 4.69) is 0 Å². The lowest BCUT2D eigenvalue weighted by molar-refractivity contribution is -0.160. The third kappa shape index (κ3) is 4.28. The predicted molar refractivity (Wildman–Crippen MR) is 64.4 cm³/mol. The molecule has 0 amide bonds. The molecule has 0 spiro atoms. The fourth-order valence-corrected chi connectivity index (χ4v) is 1.93. The second-order valence-corrected chi connectivity index (χ2v) is 5.26. The largest absolute Gasteiger partial charge is 0.460 e. The van der Waals surface area contributed by atoms with E-state index < -0.39 is 11.7 Å². The minimum absolute atomic E-state index is 0. The Morgan fingerprint density at radius 1 is 1.44 bits per heavy atom. The highest BCUT2D eigenvalue weighted by atomic mass is 35.5. The van der Waals surface area contributed by atoms with E-state index >= 15 is 0 Å². The molecule has 4 nitrogen and oxygen atoms in total. The monoisotopic (exact) mass is 251 g/mol. The van der Waals surface area contributed by atoms with Crippen molar-refractivity contribution in [1.82, 2.24) is 0 Å². The number of halogens is 1. The third-order valence-electron chi connectivity index (χ3n) is 2.70. The van der Waals surface area contributed by atoms with Gasteiger partial charge in [0, 0.05) is 0 Å². The first-order chi connectivity index (χ1) is 6.83. The topological polar surface area (TPSA) is 72.5 Å². The number of carbonyl (C=O) groups is 1. The van der Waals surface area contributed by atoms with E-state index in [0.29, 0.717) is 19.4 Å². The molecule has 1 saturated carbocycles. The summed E-state index contributed by atoms with van der Waals surface area (Å²) in [6, 6.07) is 0. The van der Waals surface area contributed by atoms with Gasteiger partial charge in [-0.3, -0.25) is 4.79 Å². The van der Waals surface area contributed by atoms with Gasteiger partial charge in [-0.25, -0.2) is 0 Å². The Morgan fingerprint density at radius 2 is 2.00 bits per heavy atom. The van der Waals surface area contributed by atoms with Crippen LogP contribution < -0.4 is 5.73 Å². The number of aliphatic hydroxyl groups excluding tert-OH is 1. The Labute approximate surface area is 103 Å². The van der Waals surface area contributed by atoms with Crippen LogP contribution in [0.3, 0.4) is 0 Å². The normalized spacial score (nSPS) is 29.7. The molecule has 5 heteroatoms. The summed E-state index contributed by atoms with van der Waals surface area (Å²) in [5.41, 5.74) is 5.05. The van der Waals surface area contributed by atoms with Gasteiger partial charge in [-0.1, -0.05) is 0 Å². The van der Waals surface area contributed by atoms with Crippen molar-refractivity contribution in [3.05, 3.63) is 0 Å². The van der Waals surface area contributed by atoms with Gasteiger partial charge in [0.15, 0.2) is 0 Å². The summed E-state index contributed by atoms with van der Waals surface area (Å²) in [6.07, 6.45) is 0.677. The standard InChI is InChI=1S/C11H21NO3.ClH/c1-11(2,3)15-10(14)7-4-8(6-12)9(13)5-7;/h7-9,13H,4-6,12H2,1-3H3;1H. The number of hydrogen-bond donors (Lipinski definition) is 2. The van der Waals surface area contributed by atoms with E-state index in [9.17, 15) is 9.90 Å². The van der Waals surface area contributed by atoms with Gasteiger partial charge in [-0.05, 0) is 46.1 Å². The Hall–Kier alpha value is -0.320. The molecule has 0 bridgehead atoms. The van der Waals surface area contributed by atoms with E-state index in [0.717, 1.165) is 0 Å². The quantitative estimate of drug-likeness (QED) is 0.721. The number of esters is 1. The predicted octanol–water partition coefficient (Wildman–Crippen LogP) is 1.10. The molecule has 1 fully saturated rings. The summed E-state index contributed by atoms with van der Waals surface area (Å²) >= 11 is 0. The van der Waals surface area contributed by atoms with Gasteiger partial charge in [-0.2, -0.15) is 0 Å². The van der Waals surface area contributed by atoms with Crippen molar-refractivity contribution >= 4 is 18.4 Å². The van der Waals surface area contributed by atoms with Crippen LogP contribution in [0.1, 0.15) is 33.6 Å². The van der Waals surface area contributed by atoms with E-state index in [-0.39, 0.29) is 30.2 Å². The fourth-order valence-electron chi connectivity index (χ4n) is 1.93. The highest BCUT2D eigenvalue weighted by Crippen LogP contribution is 2.32. The van der Waals surface area contributed by atoms with Gasteiger partial charge in [-0.15, -0.1) is 12.4 Å². The van der Waals surface area contributed by atoms with Crippen LogP contribution in [0.5, 0.6) is 0 Å². The first-order valence-corrected chi connectivity index (χ1v) is 5.44. The van der Waals surface area contributed by atoms with Crippen LogP contribution in [0.4, 0.5) is 0 Å². The lowest BCUT2D eigenvalue weighted by Gasteiger charge is -2.21. The SMILES string of the molecule is CC(C)(C)OC(=O)C1CC(O)C(CN)C1.Cl. The third-order valence-corrected chi connectivity index (χ3v) is 2.70. The van der Waals surface area contributed by atoms with Gasteiger partial charge in [0.05, 0.1) is 12.0 Å². The van der Waals surface area contributed by atoms with Crippen molar-refractivity contribution in [3.63, 3.8) is 0 Å². The van der Waals surface area contributed by atoms with Crippen molar-refractivity contribution in [2.45, 2.75) is 45.3 Å². The van der Waals surface area contributed by atoms with Crippen molar-refractivity contribution in [2.75, 3.05) is 6.54 Å². The number of ether oxygens (including phenoxy) is 1. The van der Waals surface area contributed by atoms with Crippen LogP contribution in [0.15, 0.2) is 0 Å². The van der Waals surface area contributed by atoms with Crippen LogP contribution in [-0.4, -0.2) is 29.3 Å². The zero-order valence-electron chi connectivity index (χ0n) is 10.1. The number of nitrogens with two attached hydrogens (primary N) is 1. The molecule has 3 N–H and O–H groups in total. The smallest absolute Gasteiger partial charge is 0.309 e. The van der Waals surface area contributed by atoms with E-state index in [1.54, 1.807) is 0 Å². The Morgan fingerprint density at radius 3 is 2.38 bits per heavy atom. The zero-order chi connectivity index (χ0) is 11.6. The number of hydrogen-bond acceptors (Lipinski definition) is 4. The first-order valence-electron chi connectivity index (χ1n) is 5.44. The fraction of sp³-hybridized carbons (Fsp3) is 0.909. The molecule has 0 aliphatic heterocycles. The van der Waals surface area contributed by atoms with Crippen LogP contribution in [-0.2, 0) is 9.53 Å². The van der Waals surface area contributed by atoms with E-state index in [1.165, 1.54) is 0 Å². The van der Waals surface area contributed by atoms with Gasteiger partial charge >= 0.3 is 5.97 Å². The highest BCUT2D eigenvalue weighted by molar-refractivity contribution is 5.85. The molecule has 16 heavy (non-hydrogen) atoms. The number of rotatable bonds is 2. The molecule has 1 rings (SSSR count). The van der Waals surface area contributed by atoms with Gasteiger partial charge in [0.25, 0.3) is 0 Å². The molecule has 0 saturated heterocycles. The summed E-state index contributed by atoms with van der Waals surface area (Å²) in [7, 11) is 0. The van der Waals surface area contributed by atoms with Crippen LogP contribution >= 0.6 is 12.4 Å². The molecule has 0 aromatic carbocycles. The number of aliphatic hydroxyl groups is 1. The lowest BCUT2D eigenvalue weighted by Crippen LogP contribution is -2.28. The molecular weight excluding hydrogens is 230 g/mol. The minimum atomic E-state index is -0.456. The van der Waals surface area contributed by atoms with Crippen molar-refractivity contribution in [3.8, 4) is 0 Å². The maximum absolute atomic E-state index is 11.7. The Balaban J connectivity index is 0.00000225. The summed E-state index contributed by atoms with van der Waals surface area (Å²) < 4.78 is 5.27. The van der Waals surface area contributed by atoms with Crippen LogP contribution in [0.2, 0.25) is 0 Å². The molecule has 96 valence electrons. The number of carbonyl (C=O) groups excluding carboxylic acids is 1. The molecule has 3 atom stereocenters. The summed E-state index contributed by atoms with van der Waals surface area (Å²) in [4.78, 5) is 11.7. The minimum Gasteiger partial charge on any atom is -0.460 e. The summed E-state index contributed by atoms with van der Waals surface area (Å²) in [5.74, 6) is -0.354. The second kappa shape index (κ2) is 5.84. The van der Waals surface area contributed by atoms with Gasteiger partial charge < -0.3 is 15.6 Å². The molecule has 0 radical (unpaired) electrons. The van der Waals surface area contributed by atoms with E-state index in [1.807, 2.05) is 20.8 Å². The molecule has 1 aliphatic rings. The Bertz CT molecular complexity index is 240. The highest BCUT2D eigenvalue weighted by Gasteiger charge is 2.38. The van der Waals surface area contributed by atoms with Crippen LogP contribution in [0.25, 0.3) is 0 Å². The summed E-state index contributed by atoms with van der Waals surface area (Å²) in [6.45, 7) is 5.96. The van der Waals surface area contributed by atoms with Crippen molar-refractivity contribution < 1.29 is 14.6 Å².